The van der Waals surface area contributed by atoms with Crippen LogP contribution < -0.4 is 4.90 Å². The molecule has 4 nitrogen and oxygen atoms in total. The molecule has 0 bridgehead atoms. The first kappa shape index (κ1) is 16.5. The minimum atomic E-state index is -0.000466. The van der Waals surface area contributed by atoms with Gasteiger partial charge in [-0.3, -0.25) is 4.79 Å². The number of anilines is 1. The highest BCUT2D eigenvalue weighted by Crippen LogP contribution is 2.24. The Morgan fingerprint density at radius 2 is 2.00 bits per heavy atom. The van der Waals surface area contributed by atoms with E-state index in [2.05, 4.69) is 29.8 Å². The van der Waals surface area contributed by atoms with E-state index < -0.39 is 0 Å². The van der Waals surface area contributed by atoms with Crippen LogP contribution in [-0.2, 0) is 0 Å². The molecular weight excluding hydrogens is 294 g/mol. The molecule has 1 unspecified atom stereocenters. The zero-order chi connectivity index (χ0) is 16.1. The zero-order valence-corrected chi connectivity index (χ0v) is 14.4. The lowest BCUT2D eigenvalue weighted by Gasteiger charge is -2.24. The Labute approximate surface area is 136 Å². The largest absolute Gasteiger partial charge is 0.357 e. The molecule has 0 aliphatic rings. The molecule has 2 aromatic heterocycles. The van der Waals surface area contributed by atoms with Gasteiger partial charge in [0.2, 0.25) is 0 Å². The Balaban J connectivity index is 2.12. The number of hydrogen-bond donors (Lipinski definition) is 0. The van der Waals surface area contributed by atoms with Crippen molar-refractivity contribution in [2.45, 2.75) is 26.8 Å². The lowest BCUT2D eigenvalue weighted by molar-refractivity contribution is 0.0744. The third kappa shape index (κ3) is 3.47. The van der Waals surface area contributed by atoms with Crippen molar-refractivity contribution >= 4 is 23.1 Å². The van der Waals surface area contributed by atoms with Crippen LogP contribution in [0.4, 0.5) is 5.82 Å². The van der Waals surface area contributed by atoms with Crippen LogP contribution in [0.25, 0.3) is 0 Å². The molecule has 0 spiro atoms. The lowest BCUT2D eigenvalue weighted by Crippen LogP contribution is -2.29. The molecule has 2 rings (SSSR count). The van der Waals surface area contributed by atoms with E-state index in [-0.39, 0.29) is 11.9 Å². The van der Waals surface area contributed by atoms with Gasteiger partial charge in [-0.15, -0.1) is 11.3 Å². The predicted molar refractivity (Wildman–Crippen MR) is 92.6 cm³/mol. The second kappa shape index (κ2) is 7.40. The van der Waals surface area contributed by atoms with Crippen molar-refractivity contribution in [2.75, 3.05) is 25.0 Å². The number of hydrogen-bond acceptors (Lipinski definition) is 4. The fourth-order valence-corrected chi connectivity index (χ4v) is 3.17. The summed E-state index contributed by atoms with van der Waals surface area (Å²) in [5.41, 5.74) is 0.627. The average Bonchev–Trinajstić information content (AvgIpc) is 3.09. The van der Waals surface area contributed by atoms with E-state index in [0.717, 1.165) is 18.9 Å². The number of rotatable bonds is 6. The molecule has 2 aromatic rings. The first-order chi connectivity index (χ1) is 10.6. The number of thiophene rings is 1. The van der Waals surface area contributed by atoms with Crippen LogP contribution in [0.5, 0.6) is 0 Å². The maximum absolute atomic E-state index is 12.6. The highest BCUT2D eigenvalue weighted by atomic mass is 32.1. The van der Waals surface area contributed by atoms with Crippen LogP contribution in [-0.4, -0.2) is 35.9 Å². The molecule has 118 valence electrons. The molecule has 0 aromatic carbocycles. The SMILES string of the molecule is CCN(CC)c1ccc(C(=O)N(C)C(C)c2cccs2)cn1. The Morgan fingerprint density at radius 3 is 2.50 bits per heavy atom. The number of aromatic nitrogens is 1. The van der Waals surface area contributed by atoms with Crippen LogP contribution in [0, 0.1) is 0 Å². The summed E-state index contributed by atoms with van der Waals surface area (Å²) in [7, 11) is 1.84. The van der Waals surface area contributed by atoms with Gasteiger partial charge in [0.25, 0.3) is 5.91 Å². The van der Waals surface area contributed by atoms with E-state index >= 15 is 0 Å². The van der Waals surface area contributed by atoms with E-state index in [0.29, 0.717) is 5.56 Å². The van der Waals surface area contributed by atoms with Gasteiger partial charge in [0, 0.05) is 31.2 Å². The van der Waals surface area contributed by atoms with Gasteiger partial charge in [0.05, 0.1) is 11.6 Å². The predicted octanol–water partition coefficient (Wildman–Crippen LogP) is 3.82. The van der Waals surface area contributed by atoms with Crippen LogP contribution in [0.15, 0.2) is 35.8 Å². The van der Waals surface area contributed by atoms with Gasteiger partial charge in [0.15, 0.2) is 0 Å². The van der Waals surface area contributed by atoms with E-state index in [1.807, 2.05) is 37.6 Å². The van der Waals surface area contributed by atoms with E-state index in [4.69, 9.17) is 0 Å². The zero-order valence-electron chi connectivity index (χ0n) is 13.6. The van der Waals surface area contributed by atoms with Crippen LogP contribution in [0.1, 0.15) is 42.0 Å². The van der Waals surface area contributed by atoms with Crippen molar-refractivity contribution in [3.05, 3.63) is 46.3 Å². The lowest BCUT2D eigenvalue weighted by atomic mass is 10.2. The van der Waals surface area contributed by atoms with Crippen LogP contribution >= 0.6 is 11.3 Å². The summed E-state index contributed by atoms with van der Waals surface area (Å²) in [6.45, 7) is 8.06. The van der Waals surface area contributed by atoms with E-state index in [1.54, 1.807) is 22.4 Å². The second-order valence-corrected chi connectivity index (χ2v) is 6.16. The Kier molecular flexibility index (Phi) is 5.55. The summed E-state index contributed by atoms with van der Waals surface area (Å²) in [6, 6.07) is 7.91. The number of pyridine rings is 1. The standard InChI is InChI=1S/C17H23N3OS/c1-5-20(6-2)16-10-9-14(12-18-16)17(21)19(4)13(3)15-8-7-11-22-15/h7-13H,5-6H2,1-4H3. The van der Waals surface area contributed by atoms with E-state index in [9.17, 15) is 4.79 Å². The molecule has 1 amide bonds. The van der Waals surface area contributed by atoms with Crippen molar-refractivity contribution in [1.29, 1.82) is 0 Å². The smallest absolute Gasteiger partial charge is 0.255 e. The molecule has 0 aliphatic carbocycles. The Bertz CT molecular complexity index is 591. The maximum atomic E-state index is 12.6. The van der Waals surface area contributed by atoms with Crippen molar-refractivity contribution in [1.82, 2.24) is 9.88 Å². The Morgan fingerprint density at radius 1 is 1.27 bits per heavy atom. The number of amides is 1. The highest BCUT2D eigenvalue weighted by molar-refractivity contribution is 7.10. The highest BCUT2D eigenvalue weighted by Gasteiger charge is 2.20. The molecule has 2 heterocycles. The third-order valence-electron chi connectivity index (χ3n) is 3.94. The monoisotopic (exact) mass is 317 g/mol. The van der Waals surface area contributed by atoms with Crippen molar-refractivity contribution < 1.29 is 4.79 Å². The van der Waals surface area contributed by atoms with Gasteiger partial charge in [-0.25, -0.2) is 4.98 Å². The summed E-state index contributed by atoms with van der Waals surface area (Å²) < 4.78 is 0. The summed E-state index contributed by atoms with van der Waals surface area (Å²) in [5, 5.41) is 2.03. The Hall–Kier alpha value is -1.88. The normalized spacial score (nSPS) is 12.0. The first-order valence-corrected chi connectivity index (χ1v) is 8.48. The first-order valence-electron chi connectivity index (χ1n) is 7.60. The number of carbonyl (C=O) groups is 1. The summed E-state index contributed by atoms with van der Waals surface area (Å²) in [5.74, 6) is 0.912. The maximum Gasteiger partial charge on any atom is 0.255 e. The molecule has 0 fully saturated rings. The van der Waals surface area contributed by atoms with E-state index in [1.165, 1.54) is 4.88 Å². The summed E-state index contributed by atoms with van der Waals surface area (Å²) >= 11 is 1.67. The van der Waals surface area contributed by atoms with Crippen LogP contribution in [0.2, 0.25) is 0 Å². The number of carbonyl (C=O) groups excluding carboxylic acids is 1. The molecule has 5 heteroatoms. The van der Waals surface area contributed by atoms with Crippen molar-refractivity contribution in [3.8, 4) is 0 Å². The average molecular weight is 317 g/mol. The molecule has 0 saturated carbocycles. The number of nitrogens with zero attached hydrogens (tertiary/aromatic N) is 3. The van der Waals surface area contributed by atoms with Gasteiger partial charge >= 0.3 is 0 Å². The van der Waals surface area contributed by atoms with Gasteiger partial charge in [0.1, 0.15) is 5.82 Å². The molecule has 0 N–H and O–H groups in total. The minimum Gasteiger partial charge on any atom is -0.357 e. The van der Waals surface area contributed by atoms with Crippen LogP contribution in [0.3, 0.4) is 0 Å². The van der Waals surface area contributed by atoms with Crippen molar-refractivity contribution in [3.63, 3.8) is 0 Å². The second-order valence-electron chi connectivity index (χ2n) is 5.18. The topological polar surface area (TPSA) is 36.4 Å². The quantitative estimate of drug-likeness (QED) is 0.812. The molecule has 0 saturated heterocycles. The molecular formula is C17H23N3OS. The van der Waals surface area contributed by atoms with Gasteiger partial charge in [-0.05, 0) is 44.4 Å². The molecule has 22 heavy (non-hydrogen) atoms. The van der Waals surface area contributed by atoms with Gasteiger partial charge in [-0.1, -0.05) is 6.07 Å². The molecule has 1 atom stereocenters. The fourth-order valence-electron chi connectivity index (χ4n) is 2.35. The summed E-state index contributed by atoms with van der Waals surface area (Å²) in [6.07, 6.45) is 1.67. The van der Waals surface area contributed by atoms with Crippen molar-refractivity contribution in [2.24, 2.45) is 0 Å². The fraction of sp³-hybridized carbons (Fsp3) is 0.412. The van der Waals surface area contributed by atoms with Gasteiger partial charge in [-0.2, -0.15) is 0 Å². The minimum absolute atomic E-state index is 0.000466. The molecule has 0 radical (unpaired) electrons. The third-order valence-corrected chi connectivity index (χ3v) is 4.98. The molecule has 0 aliphatic heterocycles. The van der Waals surface area contributed by atoms with Gasteiger partial charge < -0.3 is 9.80 Å². The summed E-state index contributed by atoms with van der Waals surface area (Å²) in [4.78, 5) is 22.1.